The van der Waals surface area contributed by atoms with E-state index in [-0.39, 0.29) is 37.4 Å². The Hall–Kier alpha value is -4.33. The Bertz CT molecular complexity index is 1360. The fourth-order valence-corrected chi connectivity index (χ4v) is 4.63. The van der Waals surface area contributed by atoms with E-state index in [2.05, 4.69) is 10.3 Å². The fourth-order valence-electron chi connectivity index (χ4n) is 4.63. The number of rotatable bonds is 7. The molecule has 2 atom stereocenters. The van der Waals surface area contributed by atoms with Crippen LogP contribution in [0.2, 0.25) is 5.82 Å². The summed E-state index contributed by atoms with van der Waals surface area (Å²) in [5, 5.41) is 22.3. The summed E-state index contributed by atoms with van der Waals surface area (Å²) >= 11 is 0. The number of pyridine rings is 1. The number of Topliss-reactive ketones (excluding diaryl/α,β-unsaturated/α-hetero) is 1. The summed E-state index contributed by atoms with van der Waals surface area (Å²) in [5.41, 5.74) is 0.378. The molecule has 12 nitrogen and oxygen atoms in total. The minimum absolute atomic E-state index is 0.00769. The van der Waals surface area contributed by atoms with Gasteiger partial charge in [-0.05, 0) is 43.5 Å². The number of para-hydroxylation sites is 1. The molecule has 2 aliphatic rings. The molecule has 3 heterocycles. The lowest BCUT2D eigenvalue weighted by Crippen LogP contribution is -2.58. The number of nitrogens with zero attached hydrogens (tertiary/aromatic N) is 3. The number of aromatic carboxylic acids is 1. The van der Waals surface area contributed by atoms with Gasteiger partial charge in [-0.2, -0.15) is 0 Å². The third-order valence-corrected chi connectivity index (χ3v) is 6.72. The maximum Gasteiger partial charge on any atom is 0.526 e. The van der Waals surface area contributed by atoms with Gasteiger partial charge in [-0.3, -0.25) is 24.3 Å². The first-order chi connectivity index (χ1) is 18.5. The molecule has 3 N–H and O–H groups in total. The molecule has 14 heteroatoms. The van der Waals surface area contributed by atoms with Crippen LogP contribution < -0.4 is 9.97 Å². The number of carboxylic acid groups (broad SMARTS) is 1. The molecule has 2 aliphatic heterocycles. The number of urea groups is 1. The highest BCUT2D eigenvalue weighted by molar-refractivity contribution is 6.47. The summed E-state index contributed by atoms with van der Waals surface area (Å²) in [4.78, 5) is 68.7. The summed E-state index contributed by atoms with van der Waals surface area (Å²) in [6, 6.07) is 2.84. The molecule has 1 aromatic carbocycles. The van der Waals surface area contributed by atoms with Crippen LogP contribution in [-0.2, 0) is 20.8 Å². The Morgan fingerprint density at radius 3 is 2.67 bits per heavy atom. The van der Waals surface area contributed by atoms with E-state index < -0.39 is 66.5 Å². The molecule has 0 saturated carbocycles. The zero-order chi connectivity index (χ0) is 28.4. The number of fused-ring (bicyclic) bond motifs is 1. The van der Waals surface area contributed by atoms with Crippen molar-refractivity contribution < 1.29 is 43.1 Å². The lowest BCUT2D eigenvalue weighted by atomic mass is 9.64. The van der Waals surface area contributed by atoms with Gasteiger partial charge in [-0.25, -0.2) is 14.0 Å². The number of carbonyl (C=O) groups is 5. The van der Waals surface area contributed by atoms with Crippen molar-refractivity contribution in [1.82, 2.24) is 20.1 Å². The predicted octanol–water partition coefficient (Wildman–Crippen LogP) is 1.11. The quantitative estimate of drug-likeness (QED) is 0.345. The van der Waals surface area contributed by atoms with E-state index in [4.69, 9.17) is 4.65 Å². The molecule has 0 spiro atoms. The zero-order valence-electron chi connectivity index (χ0n) is 21.2. The lowest BCUT2D eigenvalue weighted by molar-refractivity contribution is -0.153. The number of aromatic nitrogens is 1. The molecule has 39 heavy (non-hydrogen) atoms. The molecule has 2 aromatic rings. The molecule has 1 unspecified atom stereocenters. The molecule has 1 fully saturated rings. The van der Waals surface area contributed by atoms with Crippen molar-refractivity contribution in [3.8, 4) is 5.75 Å². The number of amides is 4. The predicted molar refractivity (Wildman–Crippen MR) is 133 cm³/mol. The minimum Gasteiger partial charge on any atom is -0.535 e. The normalized spacial score (nSPS) is 17.8. The third kappa shape index (κ3) is 5.60. The van der Waals surface area contributed by atoms with Gasteiger partial charge in [0.2, 0.25) is 0 Å². The van der Waals surface area contributed by atoms with E-state index >= 15 is 0 Å². The molecule has 0 bridgehead atoms. The standard InChI is InChI=1S/C25H26BFN4O8/c1-3-30-7-8-31(23(34)22(30)33)25(37)29-20(19-17(27)9-13(2)12-28-19)18(32)11-15-10-14-5-4-6-16(24(35)36)21(14)39-26(15)38/h4-6,9,12,15,20,38H,3,7-8,10-11H2,1-2H3,(H,29,37)(H,35,36)/t15-,20?/m1/s1. The van der Waals surface area contributed by atoms with Crippen LogP contribution in [0.5, 0.6) is 5.75 Å². The van der Waals surface area contributed by atoms with Crippen LogP contribution in [0.4, 0.5) is 9.18 Å². The van der Waals surface area contributed by atoms with Crippen LogP contribution in [-0.4, -0.2) is 81.3 Å². The smallest absolute Gasteiger partial charge is 0.526 e. The number of hydrogen-bond donors (Lipinski definition) is 3. The number of halogens is 1. The number of piperazine rings is 1. The monoisotopic (exact) mass is 540 g/mol. The maximum absolute atomic E-state index is 14.9. The van der Waals surface area contributed by atoms with Crippen molar-refractivity contribution in [3.63, 3.8) is 0 Å². The molecule has 204 valence electrons. The average molecular weight is 540 g/mol. The Kier molecular flexibility index (Phi) is 7.95. The van der Waals surface area contributed by atoms with E-state index in [9.17, 15) is 38.5 Å². The van der Waals surface area contributed by atoms with Crippen molar-refractivity contribution in [2.45, 2.75) is 38.5 Å². The molecule has 1 saturated heterocycles. The second-order valence-electron chi connectivity index (χ2n) is 9.35. The van der Waals surface area contributed by atoms with Gasteiger partial charge in [0.05, 0.1) is 5.56 Å². The van der Waals surface area contributed by atoms with Crippen molar-refractivity contribution in [2.75, 3.05) is 19.6 Å². The van der Waals surface area contributed by atoms with Gasteiger partial charge in [0, 0.05) is 38.1 Å². The number of imide groups is 1. The number of nitrogens with one attached hydrogen (secondary N) is 1. The molecular formula is C25H26BFN4O8. The first-order valence-electron chi connectivity index (χ1n) is 12.3. The highest BCUT2D eigenvalue weighted by Crippen LogP contribution is 2.37. The molecule has 1 aromatic heterocycles. The largest absolute Gasteiger partial charge is 0.535 e. The lowest BCUT2D eigenvalue weighted by Gasteiger charge is -2.33. The van der Waals surface area contributed by atoms with Crippen LogP contribution in [0.3, 0.4) is 0 Å². The molecule has 0 aliphatic carbocycles. The minimum atomic E-state index is -1.65. The second-order valence-corrected chi connectivity index (χ2v) is 9.35. The van der Waals surface area contributed by atoms with Crippen LogP contribution >= 0.6 is 0 Å². The first kappa shape index (κ1) is 27.7. The van der Waals surface area contributed by atoms with E-state index in [0.29, 0.717) is 16.0 Å². The zero-order valence-corrected chi connectivity index (χ0v) is 21.2. The van der Waals surface area contributed by atoms with E-state index in [1.165, 1.54) is 23.2 Å². The number of benzene rings is 1. The van der Waals surface area contributed by atoms with E-state index in [1.807, 2.05) is 0 Å². The average Bonchev–Trinajstić information content (AvgIpc) is 2.89. The molecule has 0 radical (unpaired) electrons. The number of carbonyl (C=O) groups excluding carboxylic acids is 4. The van der Waals surface area contributed by atoms with Gasteiger partial charge in [0.15, 0.2) is 5.78 Å². The van der Waals surface area contributed by atoms with Crippen molar-refractivity contribution in [3.05, 3.63) is 58.7 Å². The van der Waals surface area contributed by atoms with E-state index in [1.54, 1.807) is 19.9 Å². The fraction of sp³-hybridized carbons (Fsp3) is 0.360. The highest BCUT2D eigenvalue weighted by Gasteiger charge is 2.41. The Morgan fingerprint density at radius 1 is 1.26 bits per heavy atom. The van der Waals surface area contributed by atoms with Crippen LogP contribution in [0.1, 0.15) is 46.6 Å². The van der Waals surface area contributed by atoms with Crippen LogP contribution in [0.15, 0.2) is 30.5 Å². The van der Waals surface area contributed by atoms with Gasteiger partial charge in [0.25, 0.3) is 0 Å². The topological polar surface area (TPSA) is 166 Å². The SMILES string of the molecule is CCN1CCN(C(=O)NC(C(=O)C[C@H]2Cc3cccc(C(=O)O)c3OB2O)c2ncc(C)cc2F)C(=O)C1=O. The summed E-state index contributed by atoms with van der Waals surface area (Å²) in [7, 11) is -1.56. The van der Waals surface area contributed by atoms with Gasteiger partial charge in [-0.1, -0.05) is 12.1 Å². The second kappa shape index (κ2) is 11.2. The third-order valence-electron chi connectivity index (χ3n) is 6.72. The highest BCUT2D eigenvalue weighted by atomic mass is 19.1. The number of aryl methyl sites for hydroxylation is 1. The van der Waals surface area contributed by atoms with Gasteiger partial charge < -0.3 is 25.0 Å². The number of hydrogen-bond acceptors (Lipinski definition) is 8. The maximum atomic E-state index is 14.9. The van der Waals surface area contributed by atoms with Crippen LogP contribution in [0, 0.1) is 12.7 Å². The van der Waals surface area contributed by atoms with Gasteiger partial charge in [-0.15, -0.1) is 0 Å². The molecular weight excluding hydrogens is 514 g/mol. The number of carboxylic acids is 1. The summed E-state index contributed by atoms with van der Waals surface area (Å²) < 4.78 is 20.4. The number of ketones is 1. The Balaban J connectivity index is 1.58. The van der Waals surface area contributed by atoms with Crippen molar-refractivity contribution in [1.29, 1.82) is 0 Å². The Labute approximate surface area is 222 Å². The first-order valence-corrected chi connectivity index (χ1v) is 12.3. The van der Waals surface area contributed by atoms with Crippen molar-refractivity contribution in [2.24, 2.45) is 0 Å². The number of likely N-dealkylation sites (N-methyl/N-ethyl adjacent to an activating group) is 1. The summed E-state index contributed by atoms with van der Waals surface area (Å²) in [6.07, 6.45) is 0.968. The van der Waals surface area contributed by atoms with E-state index in [0.717, 1.165) is 6.07 Å². The van der Waals surface area contributed by atoms with Gasteiger partial charge in [0.1, 0.15) is 23.3 Å². The van der Waals surface area contributed by atoms with Crippen molar-refractivity contribution >= 4 is 36.7 Å². The van der Waals surface area contributed by atoms with Crippen LogP contribution in [0.25, 0.3) is 0 Å². The Morgan fingerprint density at radius 2 is 2.00 bits per heavy atom. The summed E-state index contributed by atoms with van der Waals surface area (Å²) in [5.74, 6) is -5.68. The molecule has 4 amide bonds. The molecule has 4 rings (SSSR count). The van der Waals surface area contributed by atoms with Gasteiger partial charge >= 0.3 is 30.9 Å². The summed E-state index contributed by atoms with van der Waals surface area (Å²) in [6.45, 7) is 3.54.